The van der Waals surface area contributed by atoms with Gasteiger partial charge in [0.05, 0.1) is 25.5 Å². The van der Waals surface area contributed by atoms with Gasteiger partial charge < -0.3 is 18.9 Å². The van der Waals surface area contributed by atoms with Crippen molar-refractivity contribution in [2.45, 2.75) is 25.3 Å². The number of morpholine rings is 1. The molecule has 3 heterocycles. The maximum atomic E-state index is 12.5. The Morgan fingerprint density at radius 3 is 2.84 bits per heavy atom. The van der Waals surface area contributed by atoms with Gasteiger partial charge in [-0.2, -0.15) is 0 Å². The SMILES string of the molecule is Cc1ccc(C(CNC(=O)C2CC2c2ccco2)N2CCOCC2)o1. The van der Waals surface area contributed by atoms with Gasteiger partial charge >= 0.3 is 0 Å². The monoisotopic (exact) mass is 344 g/mol. The quantitative estimate of drug-likeness (QED) is 0.872. The molecule has 1 saturated carbocycles. The van der Waals surface area contributed by atoms with Crippen molar-refractivity contribution in [2.24, 2.45) is 5.92 Å². The lowest BCUT2D eigenvalue weighted by Crippen LogP contribution is -2.44. The van der Waals surface area contributed by atoms with Crippen LogP contribution in [0.3, 0.4) is 0 Å². The summed E-state index contributed by atoms with van der Waals surface area (Å²) in [4.78, 5) is 14.8. The Morgan fingerprint density at radius 1 is 1.32 bits per heavy atom. The van der Waals surface area contributed by atoms with E-state index < -0.39 is 0 Å². The van der Waals surface area contributed by atoms with Gasteiger partial charge in [0, 0.05) is 31.5 Å². The molecule has 3 unspecified atom stereocenters. The fourth-order valence-corrected chi connectivity index (χ4v) is 3.56. The molecule has 1 N–H and O–H groups in total. The summed E-state index contributed by atoms with van der Waals surface area (Å²) < 4.78 is 16.7. The van der Waals surface area contributed by atoms with E-state index in [9.17, 15) is 4.79 Å². The molecule has 4 rings (SSSR count). The van der Waals surface area contributed by atoms with Gasteiger partial charge in [0.1, 0.15) is 17.3 Å². The largest absolute Gasteiger partial charge is 0.469 e. The van der Waals surface area contributed by atoms with E-state index in [-0.39, 0.29) is 23.8 Å². The van der Waals surface area contributed by atoms with Gasteiger partial charge in [-0.3, -0.25) is 9.69 Å². The molecule has 6 heteroatoms. The highest BCUT2D eigenvalue weighted by atomic mass is 16.5. The van der Waals surface area contributed by atoms with E-state index in [1.807, 2.05) is 31.2 Å². The van der Waals surface area contributed by atoms with Gasteiger partial charge in [-0.05, 0) is 37.6 Å². The summed E-state index contributed by atoms with van der Waals surface area (Å²) in [5, 5.41) is 3.12. The highest BCUT2D eigenvalue weighted by Crippen LogP contribution is 2.47. The lowest BCUT2D eigenvalue weighted by atomic mass is 10.1. The third-order valence-corrected chi connectivity index (χ3v) is 5.08. The molecule has 0 radical (unpaired) electrons. The first-order chi connectivity index (χ1) is 12.2. The molecule has 1 aliphatic carbocycles. The van der Waals surface area contributed by atoms with Crippen molar-refractivity contribution < 1.29 is 18.4 Å². The Labute approximate surface area is 147 Å². The molecular weight excluding hydrogens is 320 g/mol. The Kier molecular flexibility index (Phi) is 4.63. The van der Waals surface area contributed by atoms with Crippen LogP contribution in [0.15, 0.2) is 39.4 Å². The Morgan fingerprint density at radius 2 is 2.16 bits per heavy atom. The first-order valence-corrected chi connectivity index (χ1v) is 8.91. The molecule has 2 fully saturated rings. The second-order valence-electron chi connectivity index (χ2n) is 6.82. The summed E-state index contributed by atoms with van der Waals surface area (Å²) in [5.74, 6) is 3.05. The van der Waals surface area contributed by atoms with Crippen LogP contribution < -0.4 is 5.32 Å². The fourth-order valence-electron chi connectivity index (χ4n) is 3.56. The van der Waals surface area contributed by atoms with Crippen molar-refractivity contribution in [1.29, 1.82) is 0 Å². The molecule has 0 aromatic carbocycles. The molecule has 25 heavy (non-hydrogen) atoms. The van der Waals surface area contributed by atoms with Crippen molar-refractivity contribution >= 4 is 5.91 Å². The van der Waals surface area contributed by atoms with Crippen molar-refractivity contribution in [1.82, 2.24) is 10.2 Å². The minimum Gasteiger partial charge on any atom is -0.469 e. The molecule has 2 aromatic rings. The zero-order chi connectivity index (χ0) is 17.2. The van der Waals surface area contributed by atoms with Gasteiger partial charge in [0.25, 0.3) is 0 Å². The molecule has 1 aliphatic heterocycles. The molecule has 0 spiro atoms. The summed E-state index contributed by atoms with van der Waals surface area (Å²) in [6.07, 6.45) is 2.53. The average Bonchev–Trinajstić information content (AvgIpc) is 3.03. The number of hydrogen-bond donors (Lipinski definition) is 1. The number of rotatable bonds is 6. The number of hydrogen-bond acceptors (Lipinski definition) is 5. The van der Waals surface area contributed by atoms with Crippen LogP contribution in [0.4, 0.5) is 0 Å². The van der Waals surface area contributed by atoms with E-state index >= 15 is 0 Å². The number of nitrogens with one attached hydrogen (secondary N) is 1. The van der Waals surface area contributed by atoms with Gasteiger partial charge in [-0.15, -0.1) is 0 Å². The predicted octanol–water partition coefficient (Wildman–Crippen LogP) is 2.47. The van der Waals surface area contributed by atoms with Gasteiger partial charge in [0.2, 0.25) is 5.91 Å². The number of furan rings is 2. The highest BCUT2D eigenvalue weighted by molar-refractivity contribution is 5.82. The number of amides is 1. The predicted molar refractivity (Wildman–Crippen MR) is 91.1 cm³/mol. The number of nitrogens with zero attached hydrogens (tertiary/aromatic N) is 1. The van der Waals surface area contributed by atoms with Gasteiger partial charge in [0.15, 0.2) is 0 Å². The van der Waals surface area contributed by atoms with Crippen LogP contribution in [-0.4, -0.2) is 43.7 Å². The molecular formula is C19H24N2O4. The Balaban J connectivity index is 1.38. The fraction of sp³-hybridized carbons (Fsp3) is 0.526. The van der Waals surface area contributed by atoms with Crippen molar-refractivity contribution in [3.05, 3.63) is 47.8 Å². The van der Waals surface area contributed by atoms with E-state index in [0.717, 1.165) is 36.8 Å². The molecule has 2 aromatic heterocycles. The molecule has 6 nitrogen and oxygen atoms in total. The second kappa shape index (κ2) is 7.06. The van der Waals surface area contributed by atoms with Crippen molar-refractivity contribution in [3.8, 4) is 0 Å². The molecule has 3 atom stereocenters. The van der Waals surface area contributed by atoms with E-state index in [4.69, 9.17) is 13.6 Å². The number of aryl methyl sites for hydroxylation is 1. The Bertz CT molecular complexity index is 703. The average molecular weight is 344 g/mol. The standard InChI is InChI=1S/C19H24N2O4/c1-13-4-5-18(25-13)16(21-6-9-23-10-7-21)12-20-19(22)15-11-14(15)17-3-2-8-24-17/h2-5,8,14-16H,6-7,9-12H2,1H3,(H,20,22). The van der Waals surface area contributed by atoms with E-state index in [2.05, 4.69) is 10.2 Å². The molecule has 1 amide bonds. The summed E-state index contributed by atoms with van der Waals surface area (Å²) in [6.45, 7) is 5.61. The van der Waals surface area contributed by atoms with Crippen LogP contribution in [0.1, 0.15) is 35.7 Å². The minimum absolute atomic E-state index is 0.0230. The van der Waals surface area contributed by atoms with Gasteiger partial charge in [-0.25, -0.2) is 0 Å². The smallest absolute Gasteiger partial charge is 0.223 e. The van der Waals surface area contributed by atoms with E-state index in [0.29, 0.717) is 19.8 Å². The molecule has 134 valence electrons. The van der Waals surface area contributed by atoms with Crippen LogP contribution in [-0.2, 0) is 9.53 Å². The third-order valence-electron chi connectivity index (χ3n) is 5.08. The van der Waals surface area contributed by atoms with Crippen molar-refractivity contribution in [3.63, 3.8) is 0 Å². The molecule has 0 bridgehead atoms. The zero-order valence-electron chi connectivity index (χ0n) is 14.4. The molecule has 2 aliphatic rings. The number of carbonyl (C=O) groups is 1. The van der Waals surface area contributed by atoms with Gasteiger partial charge in [-0.1, -0.05) is 0 Å². The lowest BCUT2D eigenvalue weighted by molar-refractivity contribution is -0.122. The maximum Gasteiger partial charge on any atom is 0.223 e. The van der Waals surface area contributed by atoms with Crippen LogP contribution in [0.5, 0.6) is 0 Å². The van der Waals surface area contributed by atoms with Crippen LogP contribution in [0, 0.1) is 12.8 Å². The number of carbonyl (C=O) groups excluding carboxylic acids is 1. The van der Waals surface area contributed by atoms with Crippen LogP contribution in [0.2, 0.25) is 0 Å². The maximum absolute atomic E-state index is 12.5. The lowest BCUT2D eigenvalue weighted by Gasteiger charge is -2.33. The van der Waals surface area contributed by atoms with Crippen LogP contribution >= 0.6 is 0 Å². The normalized spacial score (nSPS) is 24.8. The zero-order valence-corrected chi connectivity index (χ0v) is 14.4. The van der Waals surface area contributed by atoms with Crippen LogP contribution in [0.25, 0.3) is 0 Å². The third kappa shape index (κ3) is 3.65. The summed E-state index contributed by atoms with van der Waals surface area (Å²) >= 11 is 0. The number of ether oxygens (including phenoxy) is 1. The highest BCUT2D eigenvalue weighted by Gasteiger charge is 2.46. The first-order valence-electron chi connectivity index (χ1n) is 8.91. The van der Waals surface area contributed by atoms with Crippen molar-refractivity contribution in [2.75, 3.05) is 32.8 Å². The molecule has 1 saturated heterocycles. The minimum atomic E-state index is 0.0230. The first kappa shape index (κ1) is 16.4. The van der Waals surface area contributed by atoms with E-state index in [1.54, 1.807) is 6.26 Å². The van der Waals surface area contributed by atoms with E-state index in [1.165, 1.54) is 0 Å². The summed E-state index contributed by atoms with van der Waals surface area (Å²) in [5.41, 5.74) is 0. The Hall–Kier alpha value is -2.05. The topological polar surface area (TPSA) is 67.9 Å². The summed E-state index contributed by atoms with van der Waals surface area (Å²) in [6, 6.07) is 7.83. The summed E-state index contributed by atoms with van der Waals surface area (Å²) in [7, 11) is 0. The second-order valence-corrected chi connectivity index (χ2v) is 6.82.